The number of carbonyl (C=O) groups is 2. The summed E-state index contributed by atoms with van der Waals surface area (Å²) in [5.41, 5.74) is 1.35. The number of methoxy groups -OCH3 is 2. The van der Waals surface area contributed by atoms with E-state index in [1.165, 1.54) is 20.3 Å². The zero-order chi connectivity index (χ0) is 29.8. The third-order valence-corrected chi connectivity index (χ3v) is 6.78. The number of allylic oxidation sites excluding steroid dienone is 2. The predicted molar refractivity (Wildman–Crippen MR) is 141 cm³/mol. The third-order valence-electron chi connectivity index (χ3n) is 5.20. The van der Waals surface area contributed by atoms with Crippen molar-refractivity contribution in [2.45, 2.75) is 12.8 Å². The zero-order valence-electron chi connectivity index (χ0n) is 23.7. The molecule has 0 fully saturated rings. The normalized spacial score (nSPS) is 10.7. The quantitative estimate of drug-likeness (QED) is 0.0269. The summed E-state index contributed by atoms with van der Waals surface area (Å²) >= 11 is 0. The summed E-state index contributed by atoms with van der Waals surface area (Å²) in [6, 6.07) is 13.9. The molecule has 0 heterocycles. The van der Waals surface area contributed by atoms with Gasteiger partial charge in [-0.1, -0.05) is 30.3 Å². The Kier molecular flexibility index (Phi) is 18.7. The molecule has 218 valence electrons. The number of ether oxygens (including phenoxy) is 4. The number of hydrogen-bond donors (Lipinski definition) is 0. The minimum atomic E-state index is -4.53. The Balaban J connectivity index is 0.00000840. The topological polar surface area (TPSA) is 185 Å². The number of benzene rings is 2. The summed E-state index contributed by atoms with van der Waals surface area (Å²) in [7, 11) is -6.03. The van der Waals surface area contributed by atoms with E-state index >= 15 is 0 Å². The molecule has 0 aromatic heterocycles. The number of carbonyl (C=O) groups excluding carboxylic acids is 2. The molecule has 0 amide bonds. The number of hydrogen-bond acceptors (Lipinski definition) is 12. The summed E-state index contributed by atoms with van der Waals surface area (Å²) in [5.74, 6) is -2.67. The maximum Gasteiger partial charge on any atom is 1.00 e. The molecule has 0 spiro atoms. The first-order valence-corrected chi connectivity index (χ1v) is 14.9. The average molecular weight is 643 g/mol. The predicted octanol–water partition coefficient (Wildman–Crippen LogP) is -3.97. The van der Waals surface area contributed by atoms with Gasteiger partial charge < -0.3 is 28.1 Å². The molecule has 0 radical (unpaired) electrons. The Bertz CT molecular complexity index is 1330. The van der Waals surface area contributed by atoms with Gasteiger partial charge in [0.05, 0.1) is 47.7 Å². The van der Waals surface area contributed by atoms with Crippen molar-refractivity contribution in [2.75, 3.05) is 38.9 Å². The smallest absolute Gasteiger partial charge is 0.748 e. The van der Waals surface area contributed by atoms with Crippen molar-refractivity contribution in [1.29, 1.82) is 0 Å². The molecule has 0 bridgehead atoms. The van der Waals surface area contributed by atoms with E-state index in [0.29, 0.717) is 28.2 Å². The fourth-order valence-electron chi connectivity index (χ4n) is 3.24. The van der Waals surface area contributed by atoms with E-state index in [0.717, 1.165) is 6.08 Å². The minimum absolute atomic E-state index is 0. The van der Waals surface area contributed by atoms with Gasteiger partial charge in [-0.3, -0.25) is 0 Å². The largest absolute Gasteiger partial charge is 1.00 e. The summed E-state index contributed by atoms with van der Waals surface area (Å²) in [4.78, 5) is 25.5. The zero-order valence-corrected chi connectivity index (χ0v) is 29.4. The first-order valence-electron chi connectivity index (χ1n) is 11.7. The molecule has 0 aliphatic heterocycles. The van der Waals surface area contributed by atoms with Gasteiger partial charge in [0, 0.05) is 11.5 Å². The van der Waals surface area contributed by atoms with Crippen LogP contribution in [0.5, 0.6) is 11.5 Å². The minimum Gasteiger partial charge on any atom is -0.748 e. The maximum absolute atomic E-state index is 12.7. The molecule has 12 nitrogen and oxygen atoms in total. The monoisotopic (exact) mass is 642 g/mol. The first-order chi connectivity index (χ1) is 18.8. The van der Waals surface area contributed by atoms with Crippen LogP contribution >= 0.6 is 0 Å². The Morgan fingerprint density at radius 2 is 1.02 bits per heavy atom. The van der Waals surface area contributed by atoms with Gasteiger partial charge in [0.25, 0.3) is 0 Å². The second-order valence-electron chi connectivity index (χ2n) is 8.12. The van der Waals surface area contributed by atoms with Crippen LogP contribution < -0.4 is 68.6 Å². The van der Waals surface area contributed by atoms with Crippen molar-refractivity contribution in [3.63, 3.8) is 0 Å². The molecule has 0 unspecified atom stereocenters. The Morgan fingerprint density at radius 3 is 1.33 bits per heavy atom. The molecular weight excluding hydrogens is 614 g/mol. The Hall–Kier alpha value is -1.72. The van der Waals surface area contributed by atoms with Crippen molar-refractivity contribution in [1.82, 2.24) is 0 Å². The van der Waals surface area contributed by atoms with Gasteiger partial charge in [-0.15, -0.1) is 0 Å². The van der Waals surface area contributed by atoms with E-state index < -0.39 is 62.5 Å². The van der Waals surface area contributed by atoms with Crippen molar-refractivity contribution in [3.8, 4) is 11.5 Å². The van der Waals surface area contributed by atoms with Crippen LogP contribution in [0.25, 0.3) is 5.57 Å². The average Bonchev–Trinajstić information content (AvgIpc) is 2.90. The van der Waals surface area contributed by atoms with Crippen LogP contribution in [-0.2, 0) is 39.3 Å². The van der Waals surface area contributed by atoms with E-state index in [-0.39, 0.29) is 72.0 Å². The molecule has 2 aromatic carbocycles. The molecule has 0 atom stereocenters. The fraction of sp³-hybridized carbons (Fsp3) is 0.308. The van der Waals surface area contributed by atoms with Crippen LogP contribution in [-0.4, -0.2) is 76.8 Å². The van der Waals surface area contributed by atoms with Crippen LogP contribution in [0.15, 0.2) is 66.3 Å². The third kappa shape index (κ3) is 15.1. The van der Waals surface area contributed by atoms with Crippen LogP contribution in [0.3, 0.4) is 0 Å². The molecule has 16 heteroatoms. The van der Waals surface area contributed by atoms with Crippen LogP contribution in [0.4, 0.5) is 0 Å². The van der Waals surface area contributed by atoms with Crippen molar-refractivity contribution in [2.24, 2.45) is 0 Å². The van der Waals surface area contributed by atoms with Crippen LogP contribution in [0.2, 0.25) is 0 Å². The molecule has 0 saturated carbocycles. The SMILES string of the molecule is COc1ccc(C(=CC=C(C(=O)OCCCS(=O)(=O)[O-])C(=O)OCCCS(=O)(=O)[O-])c2ccc(OC)cc2)cc1.[Na+].[Na+]. The Labute approximate surface area is 289 Å². The molecule has 0 aliphatic carbocycles. The second kappa shape index (κ2) is 19.5. The van der Waals surface area contributed by atoms with Gasteiger partial charge in [-0.25, -0.2) is 26.4 Å². The van der Waals surface area contributed by atoms with Crippen LogP contribution in [0, 0.1) is 0 Å². The van der Waals surface area contributed by atoms with Crippen molar-refractivity contribution >= 4 is 37.7 Å². The van der Waals surface area contributed by atoms with E-state index in [2.05, 4.69) is 0 Å². The van der Waals surface area contributed by atoms with Gasteiger partial charge in [-0.05, 0) is 59.9 Å². The summed E-state index contributed by atoms with van der Waals surface area (Å²) in [6.07, 6.45) is 2.02. The molecule has 0 saturated heterocycles. The summed E-state index contributed by atoms with van der Waals surface area (Å²) in [5, 5.41) is 0. The fourth-order valence-corrected chi connectivity index (χ4v) is 4.19. The van der Waals surface area contributed by atoms with E-state index in [4.69, 9.17) is 18.9 Å². The van der Waals surface area contributed by atoms with Gasteiger partial charge >= 0.3 is 71.1 Å². The maximum atomic E-state index is 12.7. The Morgan fingerprint density at radius 1 is 0.667 bits per heavy atom. The molecule has 0 aliphatic rings. The van der Waals surface area contributed by atoms with E-state index in [1.807, 2.05) is 0 Å². The molecule has 2 rings (SSSR count). The first kappa shape index (κ1) is 40.3. The molecular formula is C26H28Na2O12S2. The van der Waals surface area contributed by atoms with Gasteiger partial charge in [0.1, 0.15) is 17.1 Å². The summed E-state index contributed by atoms with van der Waals surface area (Å²) < 4.78 is 85.1. The van der Waals surface area contributed by atoms with Crippen LogP contribution in [0.1, 0.15) is 24.0 Å². The van der Waals surface area contributed by atoms with Gasteiger partial charge in [0.2, 0.25) is 0 Å². The molecule has 2 aromatic rings. The second-order valence-corrected chi connectivity index (χ2v) is 11.2. The van der Waals surface area contributed by atoms with Crippen molar-refractivity contribution < 1.29 is 114 Å². The van der Waals surface area contributed by atoms with Gasteiger partial charge in [-0.2, -0.15) is 0 Å². The number of rotatable bonds is 15. The molecule has 42 heavy (non-hydrogen) atoms. The van der Waals surface area contributed by atoms with E-state index in [9.17, 15) is 35.5 Å². The number of esters is 2. The van der Waals surface area contributed by atoms with E-state index in [1.54, 1.807) is 48.5 Å². The van der Waals surface area contributed by atoms with Crippen molar-refractivity contribution in [3.05, 3.63) is 77.4 Å². The standard InChI is InChI=1S/C26H30O12S2.2Na/c1-35-21-9-5-19(6-10-21)23(20-7-11-22(36-2)12-8-20)13-14-24(25(27)37-15-3-17-39(29,30)31)26(28)38-16-4-18-40(32,33)34;;/h5-14H,3-4,15-18H2,1-2H3,(H,29,30,31)(H,32,33,34);;/q;2*+1/p-2. The molecule has 0 N–H and O–H groups in total. The van der Waals surface area contributed by atoms with Gasteiger partial charge in [0.15, 0.2) is 0 Å². The summed E-state index contributed by atoms with van der Waals surface area (Å²) in [6.45, 7) is -0.931.